The quantitative estimate of drug-likeness (QED) is 0.727. The molecule has 0 spiro atoms. The van der Waals surface area contributed by atoms with Crippen molar-refractivity contribution in [2.75, 3.05) is 18.5 Å². The molecular weight excluding hydrogens is 358 g/mol. The summed E-state index contributed by atoms with van der Waals surface area (Å²) in [6.45, 7) is 3.14. The van der Waals surface area contributed by atoms with Crippen LogP contribution >= 0.6 is 0 Å². The van der Waals surface area contributed by atoms with E-state index in [9.17, 15) is 9.59 Å². The van der Waals surface area contributed by atoms with Crippen molar-refractivity contribution in [1.82, 2.24) is 0 Å². The minimum atomic E-state index is -0.506. The van der Waals surface area contributed by atoms with Crippen molar-refractivity contribution in [2.24, 2.45) is 0 Å². The maximum absolute atomic E-state index is 12.7. The molecule has 1 fully saturated rings. The molecule has 1 aromatic heterocycles. The fraction of sp³-hybridized carbons (Fsp3) is 0.273. The molecule has 1 amide bonds. The molecule has 1 aliphatic rings. The van der Waals surface area contributed by atoms with Crippen LogP contribution in [0.5, 0.6) is 5.75 Å². The number of carbonyl (C=O) groups is 1. The second-order valence-electron chi connectivity index (χ2n) is 6.87. The van der Waals surface area contributed by atoms with E-state index < -0.39 is 5.91 Å². The summed E-state index contributed by atoms with van der Waals surface area (Å²) in [6.07, 6.45) is 2.07. The van der Waals surface area contributed by atoms with E-state index in [1.54, 1.807) is 30.3 Å². The van der Waals surface area contributed by atoms with Crippen molar-refractivity contribution in [3.8, 4) is 5.75 Å². The number of nitrogens with one attached hydrogen (secondary N) is 1. The van der Waals surface area contributed by atoms with Crippen molar-refractivity contribution >= 4 is 22.6 Å². The Morgan fingerprint density at radius 3 is 2.89 bits per heavy atom. The first-order chi connectivity index (χ1) is 13.6. The predicted octanol–water partition coefficient (Wildman–Crippen LogP) is 3.91. The van der Waals surface area contributed by atoms with Crippen LogP contribution in [0.15, 0.2) is 57.7 Å². The highest BCUT2D eigenvalue weighted by molar-refractivity contribution is 6.03. The van der Waals surface area contributed by atoms with E-state index in [0.29, 0.717) is 29.0 Å². The van der Waals surface area contributed by atoms with Gasteiger partial charge in [0.25, 0.3) is 5.91 Å². The summed E-state index contributed by atoms with van der Waals surface area (Å²) in [6, 6.07) is 13.6. The van der Waals surface area contributed by atoms with Crippen molar-refractivity contribution in [2.45, 2.75) is 25.9 Å². The standard InChI is InChI=1S/C22H21NO5/c1-14-8-9-17(20(11-14)27-13-15-5-4-10-26-15)23-22(25)21-12-18(24)16-6-2-3-7-19(16)28-21/h2-3,6-9,11-12,15H,4-5,10,13H2,1H3,(H,23,25)/t15-/m0/s1. The average molecular weight is 379 g/mol. The average Bonchev–Trinajstić information content (AvgIpc) is 3.21. The molecule has 2 heterocycles. The van der Waals surface area contributed by atoms with Gasteiger partial charge in [-0.3, -0.25) is 9.59 Å². The van der Waals surface area contributed by atoms with Crippen LogP contribution in [0, 0.1) is 6.92 Å². The van der Waals surface area contributed by atoms with Gasteiger partial charge in [-0.1, -0.05) is 18.2 Å². The number of carbonyl (C=O) groups excluding carboxylic acids is 1. The number of hydrogen-bond acceptors (Lipinski definition) is 5. The van der Waals surface area contributed by atoms with Crippen molar-refractivity contribution in [1.29, 1.82) is 0 Å². The molecule has 6 nitrogen and oxygen atoms in total. The summed E-state index contributed by atoms with van der Waals surface area (Å²) in [5.41, 5.74) is 1.65. The van der Waals surface area contributed by atoms with E-state index in [0.717, 1.165) is 25.0 Å². The Kier molecular flexibility index (Phi) is 5.12. The molecule has 0 saturated carbocycles. The van der Waals surface area contributed by atoms with Crippen LogP contribution in [0.3, 0.4) is 0 Å². The predicted molar refractivity (Wildman–Crippen MR) is 106 cm³/mol. The molecule has 4 rings (SSSR count). The fourth-order valence-corrected chi connectivity index (χ4v) is 3.21. The van der Waals surface area contributed by atoms with E-state index in [1.165, 1.54) is 6.07 Å². The molecule has 1 N–H and O–H groups in total. The molecule has 0 bridgehead atoms. The summed E-state index contributed by atoms with van der Waals surface area (Å²) in [5, 5.41) is 3.22. The van der Waals surface area contributed by atoms with Gasteiger partial charge < -0.3 is 19.2 Å². The highest BCUT2D eigenvalue weighted by Gasteiger charge is 2.18. The Morgan fingerprint density at radius 1 is 1.21 bits per heavy atom. The highest BCUT2D eigenvalue weighted by atomic mass is 16.5. The molecule has 6 heteroatoms. The van der Waals surface area contributed by atoms with Gasteiger partial charge in [0, 0.05) is 12.7 Å². The van der Waals surface area contributed by atoms with Crippen LogP contribution < -0.4 is 15.5 Å². The van der Waals surface area contributed by atoms with E-state index in [4.69, 9.17) is 13.9 Å². The van der Waals surface area contributed by atoms with Gasteiger partial charge in [0.15, 0.2) is 11.2 Å². The topological polar surface area (TPSA) is 77.8 Å². The SMILES string of the molecule is Cc1ccc(NC(=O)c2cc(=O)c3ccccc3o2)c(OC[C@@H]2CCCO2)c1. The van der Waals surface area contributed by atoms with Crippen LogP contribution in [0.2, 0.25) is 0 Å². The molecule has 3 aromatic rings. The van der Waals surface area contributed by atoms with Crippen molar-refractivity contribution in [3.05, 3.63) is 70.1 Å². The zero-order valence-corrected chi connectivity index (χ0v) is 15.6. The van der Waals surface area contributed by atoms with Crippen molar-refractivity contribution < 1.29 is 18.7 Å². The van der Waals surface area contributed by atoms with Crippen LogP contribution in [0.1, 0.15) is 29.0 Å². The number of anilines is 1. The number of hydrogen-bond donors (Lipinski definition) is 1. The molecule has 144 valence electrons. The zero-order valence-electron chi connectivity index (χ0n) is 15.6. The molecule has 2 aromatic carbocycles. The number of aryl methyl sites for hydroxylation is 1. The van der Waals surface area contributed by atoms with Gasteiger partial charge in [0.1, 0.15) is 17.9 Å². The second-order valence-corrected chi connectivity index (χ2v) is 6.87. The van der Waals surface area contributed by atoms with Crippen LogP contribution in [0.25, 0.3) is 11.0 Å². The number of rotatable bonds is 5. The van der Waals surface area contributed by atoms with Gasteiger partial charge in [-0.2, -0.15) is 0 Å². The second kappa shape index (κ2) is 7.86. The molecular formula is C22H21NO5. The summed E-state index contributed by atoms with van der Waals surface area (Å²) >= 11 is 0. The van der Waals surface area contributed by atoms with Crippen LogP contribution in [-0.2, 0) is 4.74 Å². The molecule has 1 saturated heterocycles. The third-order valence-corrected chi connectivity index (χ3v) is 4.69. The number of para-hydroxylation sites is 1. The zero-order chi connectivity index (χ0) is 19.5. The summed E-state index contributed by atoms with van der Waals surface area (Å²) < 4.78 is 17.1. The normalized spacial score (nSPS) is 16.2. The third kappa shape index (κ3) is 3.92. The van der Waals surface area contributed by atoms with E-state index in [1.807, 2.05) is 19.1 Å². The van der Waals surface area contributed by atoms with E-state index >= 15 is 0 Å². The largest absolute Gasteiger partial charge is 0.489 e. The summed E-state index contributed by atoms with van der Waals surface area (Å²) in [4.78, 5) is 24.9. The van der Waals surface area contributed by atoms with Crippen molar-refractivity contribution in [3.63, 3.8) is 0 Å². The number of benzene rings is 2. The maximum atomic E-state index is 12.7. The summed E-state index contributed by atoms with van der Waals surface area (Å²) in [5.74, 6) is 0.00927. The Balaban J connectivity index is 1.56. The smallest absolute Gasteiger partial charge is 0.291 e. The lowest BCUT2D eigenvalue weighted by Gasteiger charge is -2.16. The molecule has 1 atom stereocenters. The van der Waals surface area contributed by atoms with Gasteiger partial charge in [-0.25, -0.2) is 0 Å². The number of amides is 1. The number of ether oxygens (including phenoxy) is 2. The minimum absolute atomic E-state index is 0.0469. The summed E-state index contributed by atoms with van der Waals surface area (Å²) in [7, 11) is 0. The molecule has 0 radical (unpaired) electrons. The van der Waals surface area contributed by atoms with Gasteiger partial charge in [-0.15, -0.1) is 0 Å². The van der Waals surface area contributed by atoms with Crippen LogP contribution in [0.4, 0.5) is 5.69 Å². The van der Waals surface area contributed by atoms with Gasteiger partial charge in [-0.05, 0) is 49.6 Å². The molecule has 0 unspecified atom stereocenters. The Labute approximate surface area is 162 Å². The van der Waals surface area contributed by atoms with Gasteiger partial charge in [0.2, 0.25) is 0 Å². The first kappa shape index (κ1) is 18.3. The monoisotopic (exact) mass is 379 g/mol. The Morgan fingerprint density at radius 2 is 2.07 bits per heavy atom. The van der Waals surface area contributed by atoms with E-state index in [-0.39, 0.29) is 17.3 Å². The lowest BCUT2D eigenvalue weighted by molar-refractivity contribution is 0.0681. The van der Waals surface area contributed by atoms with E-state index in [2.05, 4.69) is 5.32 Å². The van der Waals surface area contributed by atoms with Crippen LogP contribution in [-0.4, -0.2) is 25.2 Å². The molecule has 0 aliphatic carbocycles. The third-order valence-electron chi connectivity index (χ3n) is 4.69. The lowest BCUT2D eigenvalue weighted by Crippen LogP contribution is -2.19. The Bertz CT molecular complexity index is 1070. The fourth-order valence-electron chi connectivity index (χ4n) is 3.21. The minimum Gasteiger partial charge on any atom is -0.489 e. The first-order valence-corrected chi connectivity index (χ1v) is 9.29. The molecule has 28 heavy (non-hydrogen) atoms. The first-order valence-electron chi connectivity index (χ1n) is 9.29. The van der Waals surface area contributed by atoms with Gasteiger partial charge >= 0.3 is 0 Å². The molecule has 1 aliphatic heterocycles. The maximum Gasteiger partial charge on any atom is 0.291 e. The highest BCUT2D eigenvalue weighted by Crippen LogP contribution is 2.27. The number of fused-ring (bicyclic) bond motifs is 1. The van der Waals surface area contributed by atoms with Gasteiger partial charge in [0.05, 0.1) is 17.2 Å². The lowest BCUT2D eigenvalue weighted by atomic mass is 10.2. The Hall–Kier alpha value is -3.12.